The summed E-state index contributed by atoms with van der Waals surface area (Å²) >= 11 is 0. The van der Waals surface area contributed by atoms with Crippen molar-refractivity contribution in [1.82, 2.24) is 10.2 Å². The summed E-state index contributed by atoms with van der Waals surface area (Å²) in [6, 6.07) is 18.5. The van der Waals surface area contributed by atoms with Crippen molar-refractivity contribution in [2.75, 3.05) is 24.5 Å². The molecule has 0 saturated heterocycles. The van der Waals surface area contributed by atoms with Gasteiger partial charge in [-0.25, -0.2) is 8.42 Å². The minimum absolute atomic E-state index is 0.0873. The van der Waals surface area contributed by atoms with E-state index in [9.17, 15) is 18.0 Å². The molecule has 3 rings (SSSR count). The Bertz CT molecular complexity index is 1470. The highest BCUT2D eigenvalue weighted by atomic mass is 32.2. The zero-order valence-corrected chi connectivity index (χ0v) is 26.5. The molecule has 1 N–H and O–H groups in total. The van der Waals surface area contributed by atoms with Crippen LogP contribution in [-0.2, 0) is 26.2 Å². The second-order valence-electron chi connectivity index (χ2n) is 11.0. The summed E-state index contributed by atoms with van der Waals surface area (Å²) in [5, 5.41) is 2.95. The van der Waals surface area contributed by atoms with Crippen LogP contribution in [0.25, 0.3) is 0 Å². The number of benzene rings is 3. The van der Waals surface area contributed by atoms with Gasteiger partial charge in [-0.1, -0.05) is 68.3 Å². The van der Waals surface area contributed by atoms with Gasteiger partial charge < -0.3 is 15.0 Å². The van der Waals surface area contributed by atoms with E-state index >= 15 is 0 Å². The Hall–Kier alpha value is -3.85. The molecule has 0 saturated carbocycles. The van der Waals surface area contributed by atoms with Gasteiger partial charge in [0.15, 0.2) is 0 Å². The van der Waals surface area contributed by atoms with E-state index in [1.165, 1.54) is 4.90 Å². The summed E-state index contributed by atoms with van der Waals surface area (Å²) in [5.74, 6) is 0.154. The Labute approximate surface area is 250 Å². The standard InChI is InChI=1S/C33H43N3O5S/c1-8-30(33(38)34-20-23(2)3)35(21-27-12-14-28(41-7)15-13-27)32(37)22-36(31-18-11-25(5)19-26(31)6)42(39,40)29-16-9-24(4)10-17-29/h9-19,23,30H,8,20-22H2,1-7H3,(H,34,38)/t30-/m1/s1. The number of nitrogens with one attached hydrogen (secondary N) is 1. The lowest BCUT2D eigenvalue weighted by Crippen LogP contribution is -2.52. The molecule has 3 aromatic rings. The minimum atomic E-state index is -4.12. The highest BCUT2D eigenvalue weighted by Gasteiger charge is 2.34. The number of hydrogen-bond donors (Lipinski definition) is 1. The first-order valence-electron chi connectivity index (χ1n) is 14.2. The van der Waals surface area contributed by atoms with Gasteiger partial charge in [-0.05, 0) is 74.6 Å². The van der Waals surface area contributed by atoms with Gasteiger partial charge in [-0.2, -0.15) is 0 Å². The van der Waals surface area contributed by atoms with Crippen LogP contribution in [-0.4, -0.2) is 51.4 Å². The first-order valence-corrected chi connectivity index (χ1v) is 15.7. The van der Waals surface area contributed by atoms with E-state index in [-0.39, 0.29) is 23.3 Å². The van der Waals surface area contributed by atoms with E-state index in [1.54, 1.807) is 49.6 Å². The van der Waals surface area contributed by atoms with Crippen molar-refractivity contribution in [2.45, 2.75) is 65.4 Å². The maximum atomic E-state index is 14.2. The number of nitrogens with zero attached hydrogens (tertiary/aromatic N) is 2. The van der Waals surface area contributed by atoms with Crippen molar-refractivity contribution in [1.29, 1.82) is 0 Å². The largest absolute Gasteiger partial charge is 0.497 e. The number of methoxy groups -OCH3 is 1. The fraction of sp³-hybridized carbons (Fsp3) is 0.394. The molecular formula is C33H43N3O5S. The minimum Gasteiger partial charge on any atom is -0.497 e. The fourth-order valence-electron chi connectivity index (χ4n) is 4.71. The van der Waals surface area contributed by atoms with Crippen molar-refractivity contribution >= 4 is 27.5 Å². The highest BCUT2D eigenvalue weighted by Crippen LogP contribution is 2.28. The van der Waals surface area contributed by atoms with Crippen LogP contribution in [0, 0.1) is 26.7 Å². The number of carbonyl (C=O) groups excluding carboxylic acids is 2. The number of ether oxygens (including phenoxy) is 1. The molecule has 8 nitrogen and oxygen atoms in total. The molecule has 0 aliphatic carbocycles. The van der Waals surface area contributed by atoms with Gasteiger partial charge in [0.1, 0.15) is 18.3 Å². The van der Waals surface area contributed by atoms with E-state index < -0.39 is 28.5 Å². The van der Waals surface area contributed by atoms with Crippen LogP contribution in [0.5, 0.6) is 5.75 Å². The summed E-state index contributed by atoms with van der Waals surface area (Å²) in [7, 11) is -2.55. The van der Waals surface area contributed by atoms with Crippen LogP contribution in [0.4, 0.5) is 5.69 Å². The zero-order valence-electron chi connectivity index (χ0n) is 25.7. The van der Waals surface area contributed by atoms with Crippen LogP contribution in [0.1, 0.15) is 49.4 Å². The molecule has 0 aliphatic rings. The third kappa shape index (κ3) is 8.12. The summed E-state index contributed by atoms with van der Waals surface area (Å²) in [5.41, 5.74) is 3.83. The molecule has 0 aromatic heterocycles. The highest BCUT2D eigenvalue weighted by molar-refractivity contribution is 7.92. The Morgan fingerprint density at radius 3 is 2.07 bits per heavy atom. The van der Waals surface area contributed by atoms with Crippen molar-refractivity contribution in [3.8, 4) is 5.75 Å². The first-order chi connectivity index (χ1) is 19.9. The lowest BCUT2D eigenvalue weighted by molar-refractivity contribution is -0.140. The average Bonchev–Trinajstić information content (AvgIpc) is 2.95. The smallest absolute Gasteiger partial charge is 0.264 e. The average molecular weight is 594 g/mol. The Morgan fingerprint density at radius 1 is 0.905 bits per heavy atom. The molecule has 0 unspecified atom stereocenters. The van der Waals surface area contributed by atoms with Crippen LogP contribution < -0.4 is 14.4 Å². The van der Waals surface area contributed by atoms with E-state index in [1.807, 2.05) is 65.8 Å². The van der Waals surface area contributed by atoms with Crippen molar-refractivity contribution < 1.29 is 22.7 Å². The number of aryl methyl sites for hydroxylation is 3. The summed E-state index contributed by atoms with van der Waals surface area (Å²) in [4.78, 5) is 29.2. The summed E-state index contributed by atoms with van der Waals surface area (Å²) in [6.07, 6.45) is 0.361. The maximum Gasteiger partial charge on any atom is 0.264 e. The van der Waals surface area contributed by atoms with Crippen molar-refractivity contribution in [3.05, 3.63) is 89.0 Å². The predicted molar refractivity (Wildman–Crippen MR) is 167 cm³/mol. The van der Waals surface area contributed by atoms with E-state index in [4.69, 9.17) is 4.74 Å². The van der Waals surface area contributed by atoms with Crippen LogP contribution in [0.3, 0.4) is 0 Å². The van der Waals surface area contributed by atoms with Crippen molar-refractivity contribution in [3.63, 3.8) is 0 Å². The van der Waals surface area contributed by atoms with E-state index in [2.05, 4.69) is 5.32 Å². The van der Waals surface area contributed by atoms with Gasteiger partial charge >= 0.3 is 0 Å². The molecule has 0 bridgehead atoms. The molecule has 0 spiro atoms. The predicted octanol–water partition coefficient (Wildman–Crippen LogP) is 5.40. The van der Waals surface area contributed by atoms with Crippen LogP contribution >= 0.6 is 0 Å². The van der Waals surface area contributed by atoms with Crippen LogP contribution in [0.2, 0.25) is 0 Å². The number of sulfonamides is 1. The van der Waals surface area contributed by atoms with Crippen LogP contribution in [0.15, 0.2) is 71.6 Å². The Balaban J connectivity index is 2.07. The lowest BCUT2D eigenvalue weighted by atomic mass is 10.1. The lowest BCUT2D eigenvalue weighted by Gasteiger charge is -2.33. The normalized spacial score (nSPS) is 12.1. The molecule has 3 aromatic carbocycles. The molecule has 42 heavy (non-hydrogen) atoms. The number of amides is 2. The third-order valence-corrected chi connectivity index (χ3v) is 8.87. The molecule has 0 fully saturated rings. The monoisotopic (exact) mass is 593 g/mol. The molecule has 2 amide bonds. The Morgan fingerprint density at radius 2 is 1.52 bits per heavy atom. The van der Waals surface area contributed by atoms with Gasteiger partial charge in [0.2, 0.25) is 11.8 Å². The maximum absolute atomic E-state index is 14.2. The number of carbonyl (C=O) groups is 2. The van der Waals surface area contributed by atoms with Gasteiger partial charge in [0, 0.05) is 13.1 Å². The molecule has 0 heterocycles. The number of hydrogen-bond acceptors (Lipinski definition) is 5. The summed E-state index contributed by atoms with van der Waals surface area (Å²) in [6.45, 7) is 11.6. The molecule has 0 aliphatic heterocycles. The third-order valence-electron chi connectivity index (χ3n) is 7.09. The molecule has 9 heteroatoms. The molecule has 226 valence electrons. The number of rotatable bonds is 13. The summed E-state index contributed by atoms with van der Waals surface area (Å²) < 4.78 is 34.6. The van der Waals surface area contributed by atoms with Gasteiger partial charge in [-0.3, -0.25) is 13.9 Å². The van der Waals surface area contributed by atoms with Gasteiger partial charge in [0.25, 0.3) is 10.0 Å². The zero-order chi connectivity index (χ0) is 31.0. The van der Waals surface area contributed by atoms with E-state index in [0.29, 0.717) is 24.4 Å². The van der Waals surface area contributed by atoms with Crippen molar-refractivity contribution in [2.24, 2.45) is 5.92 Å². The quantitative estimate of drug-likeness (QED) is 0.287. The molecule has 0 radical (unpaired) electrons. The second kappa shape index (κ2) is 14.4. The van der Waals surface area contributed by atoms with Gasteiger partial charge in [0.05, 0.1) is 17.7 Å². The SMILES string of the molecule is CC[C@H](C(=O)NCC(C)C)N(Cc1ccc(OC)cc1)C(=O)CN(c1ccc(C)cc1C)S(=O)(=O)c1ccc(C)cc1. The molecular weight excluding hydrogens is 550 g/mol. The number of anilines is 1. The van der Waals surface area contributed by atoms with E-state index in [0.717, 1.165) is 26.6 Å². The first kappa shape index (κ1) is 32.7. The molecule has 1 atom stereocenters. The van der Waals surface area contributed by atoms with Gasteiger partial charge in [-0.15, -0.1) is 0 Å². The Kier molecular flexibility index (Phi) is 11.2. The topological polar surface area (TPSA) is 96.0 Å². The fourth-order valence-corrected chi connectivity index (χ4v) is 6.18. The second-order valence-corrected chi connectivity index (χ2v) is 12.9.